The van der Waals surface area contributed by atoms with E-state index >= 15 is 0 Å². The SMILES string of the molecule is Cc1ccc(C#N)c(Oc2cnn(C)c2)n1. The lowest BCUT2D eigenvalue weighted by atomic mass is 10.2. The Hall–Kier alpha value is -2.35. The Morgan fingerprint density at radius 1 is 1.44 bits per heavy atom. The van der Waals surface area contributed by atoms with E-state index in [2.05, 4.69) is 10.1 Å². The van der Waals surface area contributed by atoms with Crippen LogP contribution in [0.1, 0.15) is 11.3 Å². The fourth-order valence-electron chi connectivity index (χ4n) is 1.26. The maximum absolute atomic E-state index is 8.90. The van der Waals surface area contributed by atoms with Gasteiger partial charge in [0.2, 0.25) is 5.88 Å². The average molecular weight is 214 g/mol. The molecule has 0 aliphatic heterocycles. The summed E-state index contributed by atoms with van der Waals surface area (Å²) in [5, 5.41) is 12.9. The summed E-state index contributed by atoms with van der Waals surface area (Å²) in [7, 11) is 1.79. The van der Waals surface area contributed by atoms with Crippen molar-refractivity contribution in [2.24, 2.45) is 7.05 Å². The predicted octanol–water partition coefficient (Wildman–Crippen LogP) is 1.79. The van der Waals surface area contributed by atoms with E-state index in [1.807, 2.05) is 13.0 Å². The van der Waals surface area contributed by atoms with E-state index in [-0.39, 0.29) is 0 Å². The molecule has 80 valence electrons. The van der Waals surface area contributed by atoms with Crippen molar-refractivity contribution in [3.8, 4) is 17.7 Å². The molecule has 0 unspecified atom stereocenters. The zero-order valence-electron chi connectivity index (χ0n) is 9.01. The standard InChI is InChI=1S/C11H10N4O/c1-8-3-4-9(5-12)11(14-8)16-10-6-13-15(2)7-10/h3-4,6-7H,1-2H3. The fourth-order valence-corrected chi connectivity index (χ4v) is 1.26. The van der Waals surface area contributed by atoms with Crippen LogP contribution < -0.4 is 4.74 Å². The summed E-state index contributed by atoms with van der Waals surface area (Å²) in [6, 6.07) is 5.50. The Labute approximate surface area is 92.9 Å². The van der Waals surface area contributed by atoms with Crippen LogP contribution in [0.2, 0.25) is 0 Å². The Balaban J connectivity index is 2.34. The van der Waals surface area contributed by atoms with Crippen LogP contribution in [0.4, 0.5) is 0 Å². The van der Waals surface area contributed by atoms with E-state index in [0.29, 0.717) is 17.2 Å². The van der Waals surface area contributed by atoms with Gasteiger partial charge >= 0.3 is 0 Å². The lowest BCUT2D eigenvalue weighted by Crippen LogP contribution is -1.93. The summed E-state index contributed by atoms with van der Waals surface area (Å²) < 4.78 is 7.11. The second-order valence-corrected chi connectivity index (χ2v) is 3.37. The molecule has 0 aliphatic rings. The minimum absolute atomic E-state index is 0.315. The molecule has 16 heavy (non-hydrogen) atoms. The van der Waals surface area contributed by atoms with Crippen LogP contribution in [0.5, 0.6) is 11.6 Å². The number of hydrogen-bond acceptors (Lipinski definition) is 4. The average Bonchev–Trinajstić information content (AvgIpc) is 2.64. The Morgan fingerprint density at radius 3 is 2.88 bits per heavy atom. The largest absolute Gasteiger partial charge is 0.434 e. The van der Waals surface area contributed by atoms with Gasteiger partial charge in [-0.1, -0.05) is 0 Å². The molecule has 0 fully saturated rings. The van der Waals surface area contributed by atoms with Crippen LogP contribution in [0.25, 0.3) is 0 Å². The van der Waals surface area contributed by atoms with Gasteiger partial charge in [0, 0.05) is 12.7 Å². The summed E-state index contributed by atoms with van der Waals surface area (Å²) >= 11 is 0. The molecule has 0 N–H and O–H groups in total. The first-order valence-electron chi connectivity index (χ1n) is 4.73. The third-order valence-electron chi connectivity index (χ3n) is 2.02. The highest BCUT2D eigenvalue weighted by Gasteiger charge is 2.07. The summed E-state index contributed by atoms with van der Waals surface area (Å²) in [6.07, 6.45) is 3.29. The molecule has 2 heterocycles. The first-order chi connectivity index (χ1) is 7.69. The van der Waals surface area contributed by atoms with Gasteiger partial charge in [0.1, 0.15) is 11.6 Å². The van der Waals surface area contributed by atoms with E-state index < -0.39 is 0 Å². The van der Waals surface area contributed by atoms with Crippen molar-refractivity contribution in [1.82, 2.24) is 14.8 Å². The molecular formula is C11H10N4O. The first-order valence-corrected chi connectivity index (χ1v) is 4.73. The zero-order valence-corrected chi connectivity index (χ0v) is 9.01. The smallest absolute Gasteiger partial charge is 0.237 e. The van der Waals surface area contributed by atoms with Crippen molar-refractivity contribution in [2.45, 2.75) is 6.92 Å². The van der Waals surface area contributed by atoms with Gasteiger partial charge in [-0.2, -0.15) is 10.4 Å². The highest BCUT2D eigenvalue weighted by atomic mass is 16.5. The lowest BCUT2D eigenvalue weighted by molar-refractivity contribution is 0.459. The first kappa shape index (κ1) is 10.2. The normalized spacial score (nSPS) is 9.81. The third-order valence-corrected chi connectivity index (χ3v) is 2.02. The van der Waals surface area contributed by atoms with Gasteiger partial charge in [-0.05, 0) is 19.1 Å². The Morgan fingerprint density at radius 2 is 2.25 bits per heavy atom. The van der Waals surface area contributed by atoms with Gasteiger partial charge < -0.3 is 4.74 Å². The molecule has 0 aliphatic carbocycles. The van der Waals surface area contributed by atoms with Crippen LogP contribution in [0, 0.1) is 18.3 Å². The van der Waals surface area contributed by atoms with E-state index in [1.165, 1.54) is 0 Å². The van der Waals surface area contributed by atoms with Crippen LogP contribution in [0.3, 0.4) is 0 Å². The van der Waals surface area contributed by atoms with Crippen LogP contribution >= 0.6 is 0 Å². The van der Waals surface area contributed by atoms with Gasteiger partial charge in [-0.3, -0.25) is 4.68 Å². The number of nitrogens with zero attached hydrogens (tertiary/aromatic N) is 4. The number of pyridine rings is 1. The minimum Gasteiger partial charge on any atom is -0.434 e. The molecule has 5 nitrogen and oxygen atoms in total. The van der Waals surface area contributed by atoms with Crippen molar-refractivity contribution >= 4 is 0 Å². The van der Waals surface area contributed by atoms with Crippen LogP contribution in [-0.2, 0) is 7.05 Å². The molecule has 2 aromatic heterocycles. The van der Waals surface area contributed by atoms with E-state index in [9.17, 15) is 0 Å². The molecule has 0 saturated carbocycles. The van der Waals surface area contributed by atoms with Crippen molar-refractivity contribution in [3.63, 3.8) is 0 Å². The summed E-state index contributed by atoms with van der Waals surface area (Å²) in [5.41, 5.74) is 1.22. The topological polar surface area (TPSA) is 63.7 Å². The summed E-state index contributed by atoms with van der Waals surface area (Å²) in [6.45, 7) is 1.84. The molecule has 0 amide bonds. The monoisotopic (exact) mass is 214 g/mol. The molecule has 0 atom stereocenters. The molecular weight excluding hydrogens is 204 g/mol. The number of aromatic nitrogens is 3. The van der Waals surface area contributed by atoms with Gasteiger partial charge in [-0.25, -0.2) is 4.98 Å². The quantitative estimate of drug-likeness (QED) is 0.764. The van der Waals surface area contributed by atoms with Crippen molar-refractivity contribution in [3.05, 3.63) is 35.8 Å². The number of ether oxygens (including phenoxy) is 1. The van der Waals surface area contributed by atoms with Crippen LogP contribution in [-0.4, -0.2) is 14.8 Å². The summed E-state index contributed by atoms with van der Waals surface area (Å²) in [4.78, 5) is 4.17. The Kier molecular flexibility index (Phi) is 2.56. The highest BCUT2D eigenvalue weighted by molar-refractivity contribution is 5.40. The number of aryl methyl sites for hydroxylation is 2. The third kappa shape index (κ3) is 2.01. The Bertz CT molecular complexity index is 553. The number of nitriles is 1. The van der Waals surface area contributed by atoms with Gasteiger partial charge in [0.15, 0.2) is 5.75 Å². The molecule has 0 aromatic carbocycles. The zero-order chi connectivity index (χ0) is 11.5. The summed E-state index contributed by atoms with van der Waals surface area (Å²) in [5.74, 6) is 0.882. The molecule has 2 rings (SSSR count). The number of hydrogen-bond donors (Lipinski definition) is 0. The fraction of sp³-hybridized carbons (Fsp3) is 0.182. The van der Waals surface area contributed by atoms with Crippen molar-refractivity contribution in [1.29, 1.82) is 5.26 Å². The maximum atomic E-state index is 8.90. The number of rotatable bonds is 2. The van der Waals surface area contributed by atoms with Gasteiger partial charge in [-0.15, -0.1) is 0 Å². The maximum Gasteiger partial charge on any atom is 0.237 e. The molecule has 0 spiro atoms. The van der Waals surface area contributed by atoms with Crippen LogP contribution in [0.15, 0.2) is 24.5 Å². The van der Waals surface area contributed by atoms with Crippen molar-refractivity contribution in [2.75, 3.05) is 0 Å². The molecule has 5 heteroatoms. The lowest BCUT2D eigenvalue weighted by Gasteiger charge is -2.04. The van der Waals surface area contributed by atoms with Crippen molar-refractivity contribution < 1.29 is 4.74 Å². The molecule has 0 radical (unpaired) electrons. The highest BCUT2D eigenvalue weighted by Crippen LogP contribution is 2.22. The van der Waals surface area contributed by atoms with Gasteiger partial charge in [0.05, 0.1) is 12.4 Å². The second kappa shape index (κ2) is 4.03. The second-order valence-electron chi connectivity index (χ2n) is 3.37. The van der Waals surface area contributed by atoms with Gasteiger partial charge in [0.25, 0.3) is 0 Å². The molecule has 0 saturated heterocycles. The van der Waals surface area contributed by atoms with E-state index in [1.54, 1.807) is 36.3 Å². The minimum atomic E-state index is 0.315. The van der Waals surface area contributed by atoms with E-state index in [4.69, 9.17) is 10.00 Å². The van der Waals surface area contributed by atoms with E-state index in [0.717, 1.165) is 5.69 Å². The molecule has 0 bridgehead atoms. The molecule has 2 aromatic rings. The predicted molar refractivity (Wildman–Crippen MR) is 57.0 cm³/mol.